The van der Waals surface area contributed by atoms with Crippen LogP contribution in [0.5, 0.6) is 0 Å². The van der Waals surface area contributed by atoms with Crippen molar-refractivity contribution in [2.75, 3.05) is 0 Å². The monoisotopic (exact) mass is 454 g/mol. The van der Waals surface area contributed by atoms with Gasteiger partial charge in [-0.1, -0.05) is 66.8 Å². The Hall–Kier alpha value is -3.40. The number of hydrogen-bond acceptors (Lipinski definition) is 4. The number of esters is 2. The van der Waals surface area contributed by atoms with E-state index >= 15 is 0 Å². The lowest BCUT2D eigenvalue weighted by molar-refractivity contribution is -0.156. The molecule has 0 spiro atoms. The molecule has 2 aromatic carbocycles. The van der Waals surface area contributed by atoms with E-state index in [2.05, 4.69) is 31.7 Å². The van der Waals surface area contributed by atoms with Crippen molar-refractivity contribution < 1.29 is 19.1 Å². The summed E-state index contributed by atoms with van der Waals surface area (Å²) in [6.07, 6.45) is 8.08. The van der Waals surface area contributed by atoms with Gasteiger partial charge in [0, 0.05) is 11.8 Å². The van der Waals surface area contributed by atoms with Gasteiger partial charge in [-0.2, -0.15) is 0 Å². The summed E-state index contributed by atoms with van der Waals surface area (Å²) in [5.74, 6) is 0.204. The third-order valence-electron chi connectivity index (χ3n) is 7.66. The number of hydrogen-bond donors (Lipinski definition) is 0. The van der Waals surface area contributed by atoms with E-state index in [9.17, 15) is 9.59 Å². The molecule has 2 bridgehead atoms. The largest absolute Gasteiger partial charge is 0.455 e. The van der Waals surface area contributed by atoms with Crippen LogP contribution in [0.25, 0.3) is 0 Å². The molecule has 0 saturated heterocycles. The number of aryl methyl sites for hydroxylation is 1. The van der Waals surface area contributed by atoms with Gasteiger partial charge in [-0.15, -0.1) is 0 Å². The number of benzene rings is 2. The van der Waals surface area contributed by atoms with Gasteiger partial charge in [-0.3, -0.25) is 0 Å². The van der Waals surface area contributed by atoms with Gasteiger partial charge in [0.05, 0.1) is 11.1 Å². The molecule has 2 saturated carbocycles. The van der Waals surface area contributed by atoms with E-state index in [-0.39, 0.29) is 23.4 Å². The molecule has 0 aliphatic heterocycles. The first-order valence-corrected chi connectivity index (χ1v) is 12.0. The van der Waals surface area contributed by atoms with Gasteiger partial charge in [0.2, 0.25) is 0 Å². The van der Waals surface area contributed by atoms with E-state index in [4.69, 9.17) is 9.47 Å². The van der Waals surface area contributed by atoms with Crippen molar-refractivity contribution in [2.24, 2.45) is 17.8 Å². The van der Waals surface area contributed by atoms with Gasteiger partial charge >= 0.3 is 11.9 Å². The normalized spacial score (nSPS) is 28.8. The van der Waals surface area contributed by atoms with Gasteiger partial charge in [0.25, 0.3) is 0 Å². The molecule has 0 amide bonds. The van der Waals surface area contributed by atoms with Crippen molar-refractivity contribution in [3.63, 3.8) is 0 Å². The highest BCUT2D eigenvalue weighted by molar-refractivity contribution is 5.91. The van der Waals surface area contributed by atoms with Crippen LogP contribution in [-0.4, -0.2) is 24.1 Å². The third-order valence-corrected chi connectivity index (χ3v) is 7.66. The van der Waals surface area contributed by atoms with Crippen LogP contribution in [0.15, 0.2) is 85.0 Å². The molecule has 0 radical (unpaired) electrons. The Labute approximate surface area is 201 Å². The Balaban J connectivity index is 1.42. The topological polar surface area (TPSA) is 52.6 Å². The number of carbonyl (C=O) groups excluding carboxylic acids is 2. The molecule has 2 aromatic rings. The van der Waals surface area contributed by atoms with Crippen LogP contribution in [0.1, 0.15) is 46.3 Å². The maximum atomic E-state index is 13.0. The minimum absolute atomic E-state index is 0.129. The second kappa shape index (κ2) is 9.09. The van der Waals surface area contributed by atoms with Crippen LogP contribution in [-0.2, 0) is 20.7 Å². The van der Waals surface area contributed by atoms with Gasteiger partial charge in [-0.25, -0.2) is 9.59 Å². The Kier molecular flexibility index (Phi) is 5.99. The van der Waals surface area contributed by atoms with Crippen molar-refractivity contribution in [3.05, 3.63) is 107 Å². The van der Waals surface area contributed by atoms with Gasteiger partial charge in [0.15, 0.2) is 0 Å². The van der Waals surface area contributed by atoms with Gasteiger partial charge < -0.3 is 9.47 Å². The molecule has 4 heteroatoms. The van der Waals surface area contributed by atoms with E-state index in [1.54, 1.807) is 24.3 Å². The smallest absolute Gasteiger partial charge is 0.338 e. The summed E-state index contributed by atoms with van der Waals surface area (Å²) in [6, 6.07) is 15.7. The molecule has 6 unspecified atom stereocenters. The third kappa shape index (κ3) is 3.91. The van der Waals surface area contributed by atoms with Crippen LogP contribution < -0.4 is 0 Å². The lowest BCUT2D eigenvalue weighted by atomic mass is 9.76. The van der Waals surface area contributed by atoms with Crippen LogP contribution in [0.3, 0.4) is 0 Å². The molecular formula is C30H30O4. The molecule has 4 nitrogen and oxygen atoms in total. The molecular weight excluding hydrogens is 424 g/mol. The first-order chi connectivity index (χ1) is 16.5. The highest BCUT2D eigenvalue weighted by atomic mass is 16.6. The van der Waals surface area contributed by atoms with Crippen LogP contribution in [0.2, 0.25) is 0 Å². The standard InChI is InChI=1S/C30H30O4/c1-4-5-7-10-19(3)29(31)33-28-25-17-24(27(28)34-30(32)20-11-8-6-9-12-20)23-16-21-15-18(2)13-14-22(21)26(23)25/h4-15,23-28H,3,16-17H2,1-2H3/b5-4-,10-7-. The van der Waals surface area contributed by atoms with Crippen molar-refractivity contribution in [1.82, 2.24) is 0 Å². The van der Waals surface area contributed by atoms with Crippen molar-refractivity contribution in [1.29, 1.82) is 0 Å². The predicted molar refractivity (Wildman–Crippen MR) is 131 cm³/mol. The molecule has 0 aromatic heterocycles. The summed E-state index contributed by atoms with van der Waals surface area (Å²) >= 11 is 0. The maximum absolute atomic E-state index is 13.0. The summed E-state index contributed by atoms with van der Waals surface area (Å²) in [5.41, 5.74) is 4.79. The van der Waals surface area contributed by atoms with Crippen molar-refractivity contribution >= 4 is 11.9 Å². The summed E-state index contributed by atoms with van der Waals surface area (Å²) < 4.78 is 12.1. The summed E-state index contributed by atoms with van der Waals surface area (Å²) in [4.78, 5) is 25.9. The van der Waals surface area contributed by atoms with E-state index in [0.717, 1.165) is 12.8 Å². The molecule has 0 heterocycles. The Morgan fingerprint density at radius 1 is 0.971 bits per heavy atom. The van der Waals surface area contributed by atoms with Crippen molar-refractivity contribution in [3.8, 4) is 0 Å². The fraction of sp³-hybridized carbons (Fsp3) is 0.333. The first kappa shape index (κ1) is 22.4. The average Bonchev–Trinajstić information content (AvgIpc) is 3.48. The number of fused-ring (bicyclic) bond motifs is 7. The maximum Gasteiger partial charge on any atom is 0.338 e. The molecule has 2 fully saturated rings. The molecule has 3 aliphatic rings. The molecule has 34 heavy (non-hydrogen) atoms. The molecule has 174 valence electrons. The molecule has 3 aliphatic carbocycles. The fourth-order valence-electron chi connectivity index (χ4n) is 6.28. The highest BCUT2D eigenvalue weighted by Crippen LogP contribution is 2.62. The Bertz CT molecular complexity index is 1180. The zero-order chi connectivity index (χ0) is 23.8. The number of ether oxygens (including phenoxy) is 2. The molecule has 6 atom stereocenters. The number of carbonyl (C=O) groups is 2. The Morgan fingerprint density at radius 2 is 1.74 bits per heavy atom. The average molecular weight is 455 g/mol. The lowest BCUT2D eigenvalue weighted by Crippen LogP contribution is -2.45. The highest BCUT2D eigenvalue weighted by Gasteiger charge is 2.63. The second-order valence-electron chi connectivity index (χ2n) is 9.68. The minimum Gasteiger partial charge on any atom is -0.455 e. The quantitative estimate of drug-likeness (QED) is 0.318. The Morgan fingerprint density at radius 3 is 2.50 bits per heavy atom. The van der Waals surface area contributed by atoms with Crippen LogP contribution >= 0.6 is 0 Å². The molecule has 5 rings (SSSR count). The molecule has 0 N–H and O–H groups in total. The summed E-state index contributed by atoms with van der Waals surface area (Å²) in [7, 11) is 0. The van der Waals surface area contributed by atoms with E-state index in [0.29, 0.717) is 17.4 Å². The fourth-order valence-corrected chi connectivity index (χ4v) is 6.28. The first-order valence-electron chi connectivity index (χ1n) is 12.0. The minimum atomic E-state index is -0.481. The van der Waals surface area contributed by atoms with Crippen molar-refractivity contribution in [2.45, 2.75) is 44.8 Å². The number of allylic oxidation sites excluding steroid dienone is 3. The zero-order valence-corrected chi connectivity index (χ0v) is 19.6. The van der Waals surface area contributed by atoms with Gasteiger partial charge in [-0.05, 0) is 67.9 Å². The predicted octanol–water partition coefficient (Wildman–Crippen LogP) is 5.73. The SMILES string of the molecule is C=C(/C=C\C=C/C)C(=O)OC1C2CC(C3Cc4cc(C)ccc4C32)C1OC(=O)c1ccccc1. The van der Waals surface area contributed by atoms with E-state index in [1.807, 2.05) is 37.3 Å². The number of rotatable bonds is 6. The summed E-state index contributed by atoms with van der Waals surface area (Å²) in [6.45, 7) is 7.90. The summed E-state index contributed by atoms with van der Waals surface area (Å²) in [5, 5.41) is 0. The van der Waals surface area contributed by atoms with Crippen LogP contribution in [0, 0.1) is 24.7 Å². The van der Waals surface area contributed by atoms with Crippen LogP contribution in [0.4, 0.5) is 0 Å². The lowest BCUT2D eigenvalue weighted by Gasteiger charge is -2.37. The second-order valence-corrected chi connectivity index (χ2v) is 9.68. The van der Waals surface area contributed by atoms with E-state index in [1.165, 1.54) is 16.7 Å². The zero-order valence-electron chi connectivity index (χ0n) is 19.6. The van der Waals surface area contributed by atoms with E-state index < -0.39 is 18.2 Å². The van der Waals surface area contributed by atoms with Gasteiger partial charge in [0.1, 0.15) is 12.2 Å².